The van der Waals surface area contributed by atoms with Crippen molar-refractivity contribution in [2.75, 3.05) is 0 Å². The summed E-state index contributed by atoms with van der Waals surface area (Å²) in [7, 11) is 0. The van der Waals surface area contributed by atoms with Crippen LogP contribution in [0.15, 0.2) is 0 Å². The highest BCUT2D eigenvalue weighted by Gasteiger charge is 2.22. The highest BCUT2D eigenvalue weighted by atomic mass is 16.4. The van der Waals surface area contributed by atoms with E-state index in [1.165, 1.54) is 32.1 Å². The maximum atomic E-state index is 10.6. The summed E-state index contributed by atoms with van der Waals surface area (Å²) < 4.78 is 0. The summed E-state index contributed by atoms with van der Waals surface area (Å²) in [5, 5.41) is 11.2. The Kier molecular flexibility index (Phi) is 5.60. The molecule has 1 aliphatic rings. The molecule has 4 heteroatoms. The first kappa shape index (κ1) is 13.3. The third kappa shape index (κ3) is 4.39. The van der Waals surface area contributed by atoms with Crippen LogP contribution in [-0.4, -0.2) is 23.3 Å². The molecule has 0 aromatic rings. The van der Waals surface area contributed by atoms with Crippen LogP contribution in [0.1, 0.15) is 51.9 Å². The molecular formula is C12H24N2O2. The van der Waals surface area contributed by atoms with Gasteiger partial charge in [0.15, 0.2) is 0 Å². The molecule has 0 radical (unpaired) electrons. The van der Waals surface area contributed by atoms with Crippen molar-refractivity contribution < 1.29 is 9.90 Å². The van der Waals surface area contributed by atoms with Crippen molar-refractivity contribution in [1.82, 2.24) is 5.32 Å². The molecular weight excluding hydrogens is 204 g/mol. The van der Waals surface area contributed by atoms with E-state index in [9.17, 15) is 4.79 Å². The van der Waals surface area contributed by atoms with Gasteiger partial charge in [0.2, 0.25) is 0 Å². The Labute approximate surface area is 97.6 Å². The van der Waals surface area contributed by atoms with Crippen molar-refractivity contribution in [3.8, 4) is 0 Å². The molecule has 0 unspecified atom stereocenters. The van der Waals surface area contributed by atoms with E-state index >= 15 is 0 Å². The number of carboxylic acid groups (broad SMARTS) is 1. The number of carbonyl (C=O) groups is 1. The van der Waals surface area contributed by atoms with Crippen LogP contribution in [0, 0.1) is 5.92 Å². The number of amides is 1. The van der Waals surface area contributed by atoms with E-state index in [4.69, 9.17) is 10.8 Å². The molecule has 0 heterocycles. The summed E-state index contributed by atoms with van der Waals surface area (Å²) in [5.74, 6) is 0.702. The van der Waals surface area contributed by atoms with Crippen LogP contribution in [0.25, 0.3) is 0 Å². The van der Waals surface area contributed by atoms with Crippen LogP contribution in [0.3, 0.4) is 0 Å². The molecule has 16 heavy (non-hydrogen) atoms. The summed E-state index contributed by atoms with van der Waals surface area (Å²) in [6.07, 6.45) is 7.23. The van der Waals surface area contributed by atoms with E-state index in [1.807, 2.05) is 6.92 Å². The fraction of sp³-hybridized carbons (Fsp3) is 0.917. The van der Waals surface area contributed by atoms with E-state index in [0.717, 1.165) is 12.8 Å². The van der Waals surface area contributed by atoms with Crippen molar-refractivity contribution in [3.05, 3.63) is 0 Å². The number of nitrogens with one attached hydrogen (secondary N) is 1. The molecule has 1 rings (SSSR count). The van der Waals surface area contributed by atoms with Crippen LogP contribution in [0.5, 0.6) is 0 Å². The van der Waals surface area contributed by atoms with Crippen LogP contribution in [0.2, 0.25) is 0 Å². The largest absolute Gasteiger partial charge is 0.465 e. The van der Waals surface area contributed by atoms with Gasteiger partial charge in [-0.1, -0.05) is 39.0 Å². The van der Waals surface area contributed by atoms with E-state index in [-0.39, 0.29) is 12.1 Å². The van der Waals surface area contributed by atoms with Gasteiger partial charge in [0.1, 0.15) is 0 Å². The quantitative estimate of drug-likeness (QED) is 0.676. The van der Waals surface area contributed by atoms with E-state index in [1.54, 1.807) is 0 Å². The molecule has 4 N–H and O–H groups in total. The Morgan fingerprint density at radius 2 is 2.06 bits per heavy atom. The smallest absolute Gasteiger partial charge is 0.404 e. The molecule has 1 saturated carbocycles. The van der Waals surface area contributed by atoms with Crippen molar-refractivity contribution >= 4 is 6.09 Å². The van der Waals surface area contributed by atoms with Crippen LogP contribution >= 0.6 is 0 Å². The van der Waals surface area contributed by atoms with Gasteiger partial charge in [0, 0.05) is 12.1 Å². The number of nitrogens with two attached hydrogens (primary N) is 1. The lowest BCUT2D eigenvalue weighted by molar-refractivity contribution is 0.184. The van der Waals surface area contributed by atoms with Gasteiger partial charge < -0.3 is 16.2 Å². The van der Waals surface area contributed by atoms with Gasteiger partial charge in [0.05, 0.1) is 0 Å². The molecule has 1 amide bonds. The topological polar surface area (TPSA) is 75.3 Å². The number of rotatable bonds is 5. The molecule has 4 nitrogen and oxygen atoms in total. The Bertz CT molecular complexity index is 215. The van der Waals surface area contributed by atoms with E-state index in [0.29, 0.717) is 5.92 Å². The summed E-state index contributed by atoms with van der Waals surface area (Å²) in [6.45, 7) is 1.97. The van der Waals surface area contributed by atoms with Crippen molar-refractivity contribution in [2.24, 2.45) is 11.7 Å². The monoisotopic (exact) mass is 228 g/mol. The lowest BCUT2D eigenvalue weighted by Crippen LogP contribution is -2.47. The van der Waals surface area contributed by atoms with Crippen molar-refractivity contribution in [3.63, 3.8) is 0 Å². The zero-order chi connectivity index (χ0) is 12.0. The third-order valence-electron chi connectivity index (χ3n) is 3.60. The van der Waals surface area contributed by atoms with Gasteiger partial charge >= 0.3 is 6.09 Å². The molecule has 0 saturated heterocycles. The second-order valence-corrected chi connectivity index (χ2v) is 4.87. The minimum absolute atomic E-state index is 0.0378. The first-order valence-electron chi connectivity index (χ1n) is 6.38. The highest BCUT2D eigenvalue weighted by Crippen LogP contribution is 2.27. The Balaban J connectivity index is 2.35. The Morgan fingerprint density at radius 3 is 2.56 bits per heavy atom. The molecule has 1 aliphatic carbocycles. The molecule has 2 atom stereocenters. The second-order valence-electron chi connectivity index (χ2n) is 4.87. The predicted molar refractivity (Wildman–Crippen MR) is 64.4 cm³/mol. The van der Waals surface area contributed by atoms with Crippen LogP contribution < -0.4 is 11.1 Å². The second kappa shape index (κ2) is 6.74. The first-order valence-corrected chi connectivity index (χ1v) is 6.38. The fourth-order valence-corrected chi connectivity index (χ4v) is 2.64. The van der Waals surface area contributed by atoms with Gasteiger partial charge in [-0.2, -0.15) is 0 Å². The van der Waals surface area contributed by atoms with Crippen LogP contribution in [-0.2, 0) is 0 Å². The summed E-state index contributed by atoms with van der Waals surface area (Å²) in [5.41, 5.74) is 6.08. The van der Waals surface area contributed by atoms with E-state index < -0.39 is 6.09 Å². The molecule has 0 spiro atoms. The maximum Gasteiger partial charge on any atom is 0.404 e. The average Bonchev–Trinajstić information content (AvgIpc) is 2.26. The van der Waals surface area contributed by atoms with Crippen molar-refractivity contribution in [2.45, 2.75) is 64.0 Å². The van der Waals surface area contributed by atoms with Gasteiger partial charge in [-0.05, 0) is 18.8 Å². The minimum atomic E-state index is -0.967. The molecule has 94 valence electrons. The third-order valence-corrected chi connectivity index (χ3v) is 3.60. The standard InChI is InChI=1S/C12H24N2O2/c1-2-11(14-12(15)16)10(13)8-9-6-4-3-5-7-9/h9-11,14H,2-8,13H2,1H3,(H,15,16)/t10-,11+/m0/s1. The van der Waals surface area contributed by atoms with Gasteiger partial charge in [-0.3, -0.25) is 0 Å². The first-order chi connectivity index (χ1) is 7.63. The van der Waals surface area contributed by atoms with Gasteiger partial charge in [-0.15, -0.1) is 0 Å². The zero-order valence-electron chi connectivity index (χ0n) is 10.1. The molecule has 0 aromatic carbocycles. The zero-order valence-corrected chi connectivity index (χ0v) is 10.1. The molecule has 0 aliphatic heterocycles. The highest BCUT2D eigenvalue weighted by molar-refractivity contribution is 5.64. The summed E-state index contributed by atoms with van der Waals surface area (Å²) in [6, 6.07) is -0.136. The van der Waals surface area contributed by atoms with Gasteiger partial charge in [-0.25, -0.2) is 4.79 Å². The van der Waals surface area contributed by atoms with Gasteiger partial charge in [0.25, 0.3) is 0 Å². The Hall–Kier alpha value is -0.770. The molecule has 0 bridgehead atoms. The molecule has 0 aromatic heterocycles. The van der Waals surface area contributed by atoms with Crippen molar-refractivity contribution in [1.29, 1.82) is 0 Å². The number of hydrogen-bond acceptors (Lipinski definition) is 2. The fourth-order valence-electron chi connectivity index (χ4n) is 2.64. The Morgan fingerprint density at radius 1 is 1.44 bits per heavy atom. The minimum Gasteiger partial charge on any atom is -0.465 e. The van der Waals surface area contributed by atoms with E-state index in [2.05, 4.69) is 5.32 Å². The average molecular weight is 228 g/mol. The lowest BCUT2D eigenvalue weighted by Gasteiger charge is -2.28. The molecule has 1 fully saturated rings. The lowest BCUT2D eigenvalue weighted by atomic mass is 9.83. The normalized spacial score (nSPS) is 21.4. The SMILES string of the molecule is CC[C@@H](NC(=O)O)[C@@H](N)CC1CCCCC1. The maximum absolute atomic E-state index is 10.6. The van der Waals surface area contributed by atoms with Crippen LogP contribution in [0.4, 0.5) is 4.79 Å². The predicted octanol–water partition coefficient (Wildman–Crippen LogP) is 2.33. The summed E-state index contributed by atoms with van der Waals surface area (Å²) in [4.78, 5) is 10.6. The number of hydrogen-bond donors (Lipinski definition) is 3. The summed E-state index contributed by atoms with van der Waals surface area (Å²) >= 11 is 0.